The summed E-state index contributed by atoms with van der Waals surface area (Å²) in [5, 5.41) is 25.0. The van der Waals surface area contributed by atoms with Crippen LogP contribution in [0.3, 0.4) is 0 Å². The molecule has 0 bridgehead atoms. The van der Waals surface area contributed by atoms with E-state index in [0.717, 1.165) is 17.7 Å². The highest BCUT2D eigenvalue weighted by molar-refractivity contribution is 5.90. The smallest absolute Gasteiger partial charge is 0.224 e. The van der Waals surface area contributed by atoms with Crippen LogP contribution in [0.2, 0.25) is 0 Å². The predicted octanol–water partition coefficient (Wildman–Crippen LogP) is 1.43. The second kappa shape index (κ2) is 8.68. The molecular formula is C15H24N2O3. The lowest BCUT2D eigenvalue weighted by Crippen LogP contribution is -2.34. The zero-order valence-electron chi connectivity index (χ0n) is 12.1. The first kappa shape index (κ1) is 16.6. The van der Waals surface area contributed by atoms with Gasteiger partial charge in [-0.2, -0.15) is 0 Å². The van der Waals surface area contributed by atoms with Crippen LogP contribution < -0.4 is 10.6 Å². The number of anilines is 1. The maximum atomic E-state index is 11.2. The number of rotatable bonds is 8. The van der Waals surface area contributed by atoms with Gasteiger partial charge in [-0.25, -0.2) is 0 Å². The third-order valence-corrected chi connectivity index (χ3v) is 3.21. The Labute approximate surface area is 120 Å². The molecule has 1 aromatic rings. The van der Waals surface area contributed by atoms with E-state index in [2.05, 4.69) is 10.6 Å². The molecule has 0 spiro atoms. The van der Waals surface area contributed by atoms with Crippen molar-refractivity contribution in [1.82, 2.24) is 5.32 Å². The van der Waals surface area contributed by atoms with Gasteiger partial charge in [-0.3, -0.25) is 4.79 Å². The summed E-state index contributed by atoms with van der Waals surface area (Å²) in [7, 11) is 0. The van der Waals surface area contributed by atoms with Crippen LogP contribution in [0.25, 0.3) is 0 Å². The number of aliphatic hydroxyl groups excluding tert-OH is 2. The van der Waals surface area contributed by atoms with Crippen molar-refractivity contribution in [3.8, 4) is 0 Å². The quantitative estimate of drug-likeness (QED) is 0.580. The van der Waals surface area contributed by atoms with Gasteiger partial charge in [0.2, 0.25) is 5.91 Å². The molecule has 0 heterocycles. The van der Waals surface area contributed by atoms with Crippen LogP contribution in [0.15, 0.2) is 24.3 Å². The Morgan fingerprint density at radius 2 is 1.90 bits per heavy atom. The Morgan fingerprint density at radius 1 is 1.25 bits per heavy atom. The first-order chi connectivity index (χ1) is 9.60. The molecule has 112 valence electrons. The minimum atomic E-state index is -0.633. The first-order valence-electron chi connectivity index (χ1n) is 7.02. The number of hydrogen-bond acceptors (Lipinski definition) is 4. The molecule has 5 nitrogen and oxygen atoms in total. The van der Waals surface area contributed by atoms with Crippen molar-refractivity contribution in [2.24, 2.45) is 0 Å². The van der Waals surface area contributed by atoms with Gasteiger partial charge < -0.3 is 20.8 Å². The van der Waals surface area contributed by atoms with E-state index in [1.807, 2.05) is 6.92 Å². The molecule has 0 aliphatic heterocycles. The predicted molar refractivity (Wildman–Crippen MR) is 79.5 cm³/mol. The minimum absolute atomic E-state index is 0.00719. The first-order valence-corrected chi connectivity index (χ1v) is 7.02. The van der Waals surface area contributed by atoms with Crippen molar-refractivity contribution in [3.05, 3.63) is 29.8 Å². The molecule has 0 aromatic heterocycles. The van der Waals surface area contributed by atoms with E-state index in [4.69, 9.17) is 5.11 Å². The number of aliphatic hydroxyl groups is 2. The topological polar surface area (TPSA) is 81.6 Å². The van der Waals surface area contributed by atoms with Crippen LogP contribution in [-0.4, -0.2) is 35.3 Å². The third-order valence-electron chi connectivity index (χ3n) is 3.21. The fourth-order valence-corrected chi connectivity index (χ4v) is 1.77. The van der Waals surface area contributed by atoms with Gasteiger partial charge in [0, 0.05) is 24.7 Å². The number of hydrogen-bond donors (Lipinski definition) is 4. The van der Waals surface area contributed by atoms with E-state index in [-0.39, 0.29) is 18.6 Å². The van der Waals surface area contributed by atoms with Crippen molar-refractivity contribution in [1.29, 1.82) is 0 Å². The van der Waals surface area contributed by atoms with Crippen LogP contribution in [0.1, 0.15) is 38.4 Å². The summed E-state index contributed by atoms with van der Waals surface area (Å²) in [6.45, 7) is 4.22. The molecule has 4 N–H and O–H groups in total. The summed E-state index contributed by atoms with van der Waals surface area (Å²) in [5.74, 6) is -0.0336. The average molecular weight is 280 g/mol. The van der Waals surface area contributed by atoms with E-state index in [9.17, 15) is 9.90 Å². The number of carbonyl (C=O) groups excluding carboxylic acids is 1. The summed E-state index contributed by atoms with van der Waals surface area (Å²) >= 11 is 0. The van der Waals surface area contributed by atoms with E-state index >= 15 is 0 Å². The molecule has 0 fully saturated rings. The molecule has 1 aromatic carbocycles. The van der Waals surface area contributed by atoms with Gasteiger partial charge in [0.1, 0.15) is 0 Å². The van der Waals surface area contributed by atoms with Crippen molar-refractivity contribution in [2.75, 3.05) is 18.5 Å². The van der Waals surface area contributed by atoms with Gasteiger partial charge in [0.15, 0.2) is 0 Å². The molecule has 20 heavy (non-hydrogen) atoms. The average Bonchev–Trinajstić information content (AvgIpc) is 2.48. The Bertz CT molecular complexity index is 402. The Kier molecular flexibility index (Phi) is 7.22. The lowest BCUT2D eigenvalue weighted by atomic mass is 10.1. The largest absolute Gasteiger partial charge is 0.395 e. The van der Waals surface area contributed by atoms with E-state index in [0.29, 0.717) is 13.0 Å². The molecule has 2 unspecified atom stereocenters. The standard InChI is InChI=1S/C15H24N2O3/c1-3-12(10-18)16-9-14(19)11-5-7-13(8-6-11)17-15(20)4-2/h5-8,12,14,16,18-19H,3-4,9-10H2,1-2H3,(H,17,20). The summed E-state index contributed by atoms with van der Waals surface area (Å²) < 4.78 is 0. The molecular weight excluding hydrogens is 256 g/mol. The highest BCUT2D eigenvalue weighted by atomic mass is 16.3. The second-order valence-corrected chi connectivity index (χ2v) is 4.74. The number of amides is 1. The lowest BCUT2D eigenvalue weighted by molar-refractivity contribution is -0.115. The normalized spacial score (nSPS) is 13.8. The highest BCUT2D eigenvalue weighted by Crippen LogP contribution is 2.16. The fraction of sp³-hybridized carbons (Fsp3) is 0.533. The number of benzene rings is 1. The Balaban J connectivity index is 2.52. The second-order valence-electron chi connectivity index (χ2n) is 4.74. The lowest BCUT2D eigenvalue weighted by Gasteiger charge is -2.18. The van der Waals surface area contributed by atoms with Gasteiger partial charge >= 0.3 is 0 Å². The summed E-state index contributed by atoms with van der Waals surface area (Å²) in [4.78, 5) is 11.2. The minimum Gasteiger partial charge on any atom is -0.395 e. The maximum Gasteiger partial charge on any atom is 0.224 e. The number of nitrogens with one attached hydrogen (secondary N) is 2. The Morgan fingerprint density at radius 3 is 2.40 bits per heavy atom. The zero-order valence-corrected chi connectivity index (χ0v) is 12.1. The third kappa shape index (κ3) is 5.28. The van der Waals surface area contributed by atoms with Crippen molar-refractivity contribution in [2.45, 2.75) is 38.8 Å². The fourth-order valence-electron chi connectivity index (χ4n) is 1.77. The van der Waals surface area contributed by atoms with E-state index < -0.39 is 6.10 Å². The zero-order chi connectivity index (χ0) is 15.0. The summed E-state index contributed by atoms with van der Waals surface area (Å²) in [5.41, 5.74) is 1.50. The summed E-state index contributed by atoms with van der Waals surface area (Å²) in [6, 6.07) is 7.13. The van der Waals surface area contributed by atoms with Crippen molar-refractivity contribution >= 4 is 11.6 Å². The molecule has 5 heteroatoms. The van der Waals surface area contributed by atoms with Crippen LogP contribution in [0, 0.1) is 0 Å². The summed E-state index contributed by atoms with van der Waals surface area (Å²) in [6.07, 6.45) is 0.616. The molecule has 0 aliphatic carbocycles. The van der Waals surface area contributed by atoms with E-state index in [1.54, 1.807) is 31.2 Å². The SMILES string of the molecule is CCC(=O)Nc1ccc(C(O)CNC(CC)CO)cc1. The molecule has 1 rings (SSSR count). The monoisotopic (exact) mass is 280 g/mol. The maximum absolute atomic E-state index is 11.2. The van der Waals surface area contributed by atoms with Crippen molar-refractivity contribution in [3.63, 3.8) is 0 Å². The molecule has 0 saturated carbocycles. The van der Waals surface area contributed by atoms with Gasteiger partial charge in [-0.15, -0.1) is 0 Å². The molecule has 0 saturated heterocycles. The van der Waals surface area contributed by atoms with Crippen LogP contribution in [0.4, 0.5) is 5.69 Å². The molecule has 0 radical (unpaired) electrons. The van der Waals surface area contributed by atoms with Gasteiger partial charge in [-0.1, -0.05) is 26.0 Å². The van der Waals surface area contributed by atoms with Crippen LogP contribution in [0.5, 0.6) is 0 Å². The van der Waals surface area contributed by atoms with Crippen LogP contribution >= 0.6 is 0 Å². The van der Waals surface area contributed by atoms with E-state index in [1.165, 1.54) is 0 Å². The van der Waals surface area contributed by atoms with Gasteiger partial charge in [-0.05, 0) is 24.1 Å². The molecule has 0 aliphatic rings. The van der Waals surface area contributed by atoms with Gasteiger partial charge in [0.25, 0.3) is 0 Å². The van der Waals surface area contributed by atoms with Gasteiger partial charge in [0.05, 0.1) is 12.7 Å². The van der Waals surface area contributed by atoms with Crippen LogP contribution in [-0.2, 0) is 4.79 Å². The molecule has 1 amide bonds. The molecule has 2 atom stereocenters. The Hall–Kier alpha value is -1.43. The van der Waals surface area contributed by atoms with Crippen molar-refractivity contribution < 1.29 is 15.0 Å². The highest BCUT2D eigenvalue weighted by Gasteiger charge is 2.10. The number of carbonyl (C=O) groups is 1.